The number of hydrogen-bond acceptors (Lipinski definition) is 4. The minimum Gasteiger partial charge on any atom is -0.444 e. The summed E-state index contributed by atoms with van der Waals surface area (Å²) in [5, 5.41) is 0. The van der Waals surface area contributed by atoms with Crippen molar-refractivity contribution < 1.29 is 14.3 Å². The summed E-state index contributed by atoms with van der Waals surface area (Å²) in [5.74, 6) is 0.427. The summed E-state index contributed by atoms with van der Waals surface area (Å²) in [6.07, 6.45) is 1.65. The largest absolute Gasteiger partial charge is 0.444 e. The summed E-state index contributed by atoms with van der Waals surface area (Å²) in [5.41, 5.74) is 0.642. The van der Waals surface area contributed by atoms with Crippen molar-refractivity contribution in [1.29, 1.82) is 0 Å². The smallest absolute Gasteiger partial charge is 0.410 e. The maximum absolute atomic E-state index is 11.9. The van der Waals surface area contributed by atoms with E-state index in [0.29, 0.717) is 12.5 Å². The Bertz CT molecular complexity index is 365. The van der Waals surface area contributed by atoms with E-state index >= 15 is 0 Å². The van der Waals surface area contributed by atoms with E-state index in [1.54, 1.807) is 4.90 Å². The van der Waals surface area contributed by atoms with Gasteiger partial charge in [-0.3, -0.25) is 4.99 Å². The highest BCUT2D eigenvalue weighted by Gasteiger charge is 2.32. The molecule has 1 amide bonds. The first-order valence-electron chi connectivity index (χ1n) is 6.98. The molecule has 1 unspecified atom stereocenters. The van der Waals surface area contributed by atoms with Crippen molar-refractivity contribution in [1.82, 2.24) is 4.90 Å². The first kappa shape index (κ1) is 14.3. The van der Waals surface area contributed by atoms with Crippen LogP contribution in [-0.4, -0.2) is 48.2 Å². The van der Waals surface area contributed by atoms with E-state index in [9.17, 15) is 4.79 Å². The number of aliphatic imine (C=N–C) groups is 1. The number of carbonyl (C=O) groups is 1. The SMILES string of the molecule is CC1=NC(C2CCN(C(=O)OC(C)(C)C)CC2)OC1. The second-order valence-electron chi connectivity index (χ2n) is 6.37. The van der Waals surface area contributed by atoms with Crippen LogP contribution in [0.3, 0.4) is 0 Å². The van der Waals surface area contributed by atoms with Crippen LogP contribution in [0.15, 0.2) is 4.99 Å². The lowest BCUT2D eigenvalue weighted by atomic mass is 9.95. The van der Waals surface area contributed by atoms with Crippen molar-refractivity contribution >= 4 is 11.8 Å². The van der Waals surface area contributed by atoms with Gasteiger partial charge in [0.2, 0.25) is 0 Å². The zero-order chi connectivity index (χ0) is 14.0. The van der Waals surface area contributed by atoms with Crippen LogP contribution in [0.4, 0.5) is 4.79 Å². The summed E-state index contributed by atoms with van der Waals surface area (Å²) in [6, 6.07) is 0. The molecule has 0 aromatic carbocycles. The Morgan fingerprint density at radius 3 is 2.47 bits per heavy atom. The molecule has 0 spiro atoms. The van der Waals surface area contributed by atoms with Gasteiger partial charge >= 0.3 is 6.09 Å². The van der Waals surface area contributed by atoms with Crippen LogP contribution in [-0.2, 0) is 9.47 Å². The second kappa shape index (κ2) is 5.49. The van der Waals surface area contributed by atoms with Crippen LogP contribution in [0.25, 0.3) is 0 Å². The van der Waals surface area contributed by atoms with E-state index in [-0.39, 0.29) is 12.3 Å². The first-order valence-corrected chi connectivity index (χ1v) is 6.98. The summed E-state index contributed by atoms with van der Waals surface area (Å²) < 4.78 is 11.0. The van der Waals surface area contributed by atoms with Crippen LogP contribution in [0.5, 0.6) is 0 Å². The van der Waals surface area contributed by atoms with Gasteiger partial charge in [-0.1, -0.05) is 0 Å². The molecule has 108 valence electrons. The molecular formula is C14H24N2O3. The quantitative estimate of drug-likeness (QED) is 0.734. The molecule has 0 aliphatic carbocycles. The van der Waals surface area contributed by atoms with Gasteiger partial charge in [0.15, 0.2) is 6.23 Å². The van der Waals surface area contributed by atoms with E-state index in [1.165, 1.54) is 0 Å². The minimum absolute atomic E-state index is 0.000728. The zero-order valence-corrected chi connectivity index (χ0v) is 12.3. The normalized spacial score (nSPS) is 25.4. The van der Waals surface area contributed by atoms with Crippen molar-refractivity contribution in [3.63, 3.8) is 0 Å². The molecule has 5 heteroatoms. The fraction of sp³-hybridized carbons (Fsp3) is 0.857. The van der Waals surface area contributed by atoms with Gasteiger partial charge < -0.3 is 14.4 Å². The van der Waals surface area contributed by atoms with Gasteiger partial charge in [-0.15, -0.1) is 0 Å². The highest BCUT2D eigenvalue weighted by Crippen LogP contribution is 2.26. The fourth-order valence-corrected chi connectivity index (χ4v) is 2.43. The lowest BCUT2D eigenvalue weighted by Crippen LogP contribution is -2.43. The molecule has 0 N–H and O–H groups in total. The Morgan fingerprint density at radius 2 is 2.00 bits per heavy atom. The van der Waals surface area contributed by atoms with Gasteiger partial charge in [-0.25, -0.2) is 4.79 Å². The standard InChI is InChI=1S/C14H24N2O3/c1-10-9-18-12(15-10)11-5-7-16(8-6-11)13(17)19-14(2,3)4/h11-12H,5-9H2,1-4H3. The van der Waals surface area contributed by atoms with E-state index in [4.69, 9.17) is 9.47 Å². The molecule has 0 bridgehead atoms. The molecule has 19 heavy (non-hydrogen) atoms. The van der Waals surface area contributed by atoms with E-state index in [2.05, 4.69) is 4.99 Å². The van der Waals surface area contributed by atoms with Gasteiger partial charge in [0.1, 0.15) is 5.60 Å². The number of hydrogen-bond donors (Lipinski definition) is 0. The average molecular weight is 268 g/mol. The topological polar surface area (TPSA) is 51.1 Å². The summed E-state index contributed by atoms with van der Waals surface area (Å²) >= 11 is 0. The number of ether oxygens (including phenoxy) is 2. The van der Waals surface area contributed by atoms with Gasteiger partial charge in [0.25, 0.3) is 0 Å². The Balaban J connectivity index is 1.81. The number of carbonyl (C=O) groups excluding carboxylic acids is 1. The molecule has 0 saturated carbocycles. The van der Waals surface area contributed by atoms with Crippen molar-refractivity contribution in [2.45, 2.75) is 52.4 Å². The summed E-state index contributed by atoms with van der Waals surface area (Å²) in [6.45, 7) is 9.78. The lowest BCUT2D eigenvalue weighted by Gasteiger charge is -2.34. The molecule has 2 rings (SSSR count). The average Bonchev–Trinajstić information content (AvgIpc) is 2.74. The number of piperidine rings is 1. The fourth-order valence-electron chi connectivity index (χ4n) is 2.43. The van der Waals surface area contributed by atoms with Crippen LogP contribution in [0, 0.1) is 5.92 Å². The van der Waals surface area contributed by atoms with Crippen LogP contribution >= 0.6 is 0 Å². The second-order valence-corrected chi connectivity index (χ2v) is 6.37. The van der Waals surface area contributed by atoms with E-state index in [1.807, 2.05) is 27.7 Å². The number of amides is 1. The Kier molecular flexibility index (Phi) is 4.13. The summed E-state index contributed by atoms with van der Waals surface area (Å²) in [4.78, 5) is 18.2. The molecular weight excluding hydrogens is 244 g/mol. The molecule has 1 saturated heterocycles. The highest BCUT2D eigenvalue weighted by atomic mass is 16.6. The maximum atomic E-state index is 11.9. The predicted molar refractivity (Wildman–Crippen MR) is 73.4 cm³/mol. The van der Waals surface area contributed by atoms with Crippen molar-refractivity contribution in [3.8, 4) is 0 Å². The van der Waals surface area contributed by atoms with Gasteiger partial charge in [0.05, 0.1) is 6.61 Å². The molecule has 1 fully saturated rings. The molecule has 0 aromatic heterocycles. The minimum atomic E-state index is -0.427. The van der Waals surface area contributed by atoms with E-state index < -0.39 is 5.60 Å². The molecule has 0 aromatic rings. The number of rotatable bonds is 1. The third kappa shape index (κ3) is 3.93. The van der Waals surface area contributed by atoms with Crippen molar-refractivity contribution in [2.75, 3.05) is 19.7 Å². The molecule has 5 nitrogen and oxygen atoms in total. The highest BCUT2D eigenvalue weighted by molar-refractivity contribution is 5.84. The Morgan fingerprint density at radius 1 is 1.37 bits per heavy atom. The predicted octanol–water partition coefficient (Wildman–Crippen LogP) is 2.45. The van der Waals surface area contributed by atoms with Crippen LogP contribution in [0.2, 0.25) is 0 Å². The van der Waals surface area contributed by atoms with Crippen LogP contribution in [0.1, 0.15) is 40.5 Å². The molecule has 2 aliphatic rings. The number of likely N-dealkylation sites (tertiary alicyclic amines) is 1. The van der Waals surface area contributed by atoms with Gasteiger partial charge in [-0.2, -0.15) is 0 Å². The van der Waals surface area contributed by atoms with Crippen molar-refractivity contribution in [2.24, 2.45) is 10.9 Å². The zero-order valence-electron chi connectivity index (χ0n) is 12.3. The van der Waals surface area contributed by atoms with Gasteiger partial charge in [-0.05, 0) is 40.5 Å². The van der Waals surface area contributed by atoms with E-state index in [0.717, 1.165) is 31.6 Å². The van der Waals surface area contributed by atoms with Crippen LogP contribution < -0.4 is 0 Å². The van der Waals surface area contributed by atoms with Crippen molar-refractivity contribution in [3.05, 3.63) is 0 Å². The van der Waals surface area contributed by atoms with Gasteiger partial charge in [0, 0.05) is 24.7 Å². The monoisotopic (exact) mass is 268 g/mol. The lowest BCUT2D eigenvalue weighted by molar-refractivity contribution is 0.00137. The molecule has 2 aliphatic heterocycles. The maximum Gasteiger partial charge on any atom is 0.410 e. The third-order valence-corrected chi connectivity index (χ3v) is 3.41. The molecule has 2 heterocycles. The Hall–Kier alpha value is -1.10. The Labute approximate surface area is 115 Å². The number of nitrogens with zero attached hydrogens (tertiary/aromatic N) is 2. The first-order chi connectivity index (χ1) is 8.85. The molecule has 0 radical (unpaired) electrons. The molecule has 1 atom stereocenters. The third-order valence-electron chi connectivity index (χ3n) is 3.41. The summed E-state index contributed by atoms with van der Waals surface area (Å²) in [7, 11) is 0.